The predicted octanol–water partition coefficient (Wildman–Crippen LogP) is 2.42. The van der Waals surface area contributed by atoms with Crippen molar-refractivity contribution in [1.29, 1.82) is 0 Å². The number of alkyl halides is 3. The van der Waals surface area contributed by atoms with Crippen LogP contribution in [0.3, 0.4) is 0 Å². The third kappa shape index (κ3) is 4.56. The molecule has 0 aliphatic carbocycles. The number of hydrogen-bond donors (Lipinski definition) is 2. The maximum Gasteiger partial charge on any atom is 0.418 e. The first-order chi connectivity index (χ1) is 9.21. The van der Waals surface area contributed by atoms with Crippen molar-refractivity contribution in [3.63, 3.8) is 0 Å². The molecule has 0 spiro atoms. The summed E-state index contributed by atoms with van der Waals surface area (Å²) in [4.78, 5) is 22.8. The van der Waals surface area contributed by atoms with Crippen molar-refractivity contribution in [2.24, 2.45) is 5.92 Å². The number of para-hydroxylation sites is 1. The highest BCUT2D eigenvalue weighted by Gasteiger charge is 2.33. The van der Waals surface area contributed by atoms with Gasteiger partial charge in [0, 0.05) is 5.92 Å². The summed E-state index contributed by atoms with van der Waals surface area (Å²) >= 11 is 0. The lowest BCUT2D eigenvalue weighted by atomic mass is 10.1. The number of carbonyl (C=O) groups is 2. The number of halogens is 3. The number of carbonyl (C=O) groups excluding carboxylic acids is 2. The molecule has 110 valence electrons. The lowest BCUT2D eigenvalue weighted by molar-refractivity contribution is -0.137. The molecule has 1 aromatic rings. The van der Waals surface area contributed by atoms with Crippen LogP contribution in [0, 0.1) is 5.92 Å². The maximum atomic E-state index is 12.7. The van der Waals surface area contributed by atoms with E-state index in [1.54, 1.807) is 13.8 Å². The van der Waals surface area contributed by atoms with Crippen LogP contribution >= 0.6 is 0 Å². The first kappa shape index (κ1) is 16.0. The van der Waals surface area contributed by atoms with Gasteiger partial charge in [-0.2, -0.15) is 13.2 Å². The van der Waals surface area contributed by atoms with Crippen LogP contribution in [-0.4, -0.2) is 18.4 Å². The van der Waals surface area contributed by atoms with E-state index in [2.05, 4.69) is 10.6 Å². The first-order valence-electron chi connectivity index (χ1n) is 5.95. The lowest BCUT2D eigenvalue weighted by Crippen LogP contribution is -2.35. The summed E-state index contributed by atoms with van der Waals surface area (Å²) in [6.07, 6.45) is -4.55. The fourth-order valence-corrected chi connectivity index (χ4v) is 1.41. The normalized spacial score (nSPS) is 11.3. The van der Waals surface area contributed by atoms with Crippen LogP contribution in [0.4, 0.5) is 18.9 Å². The SMILES string of the molecule is CC(C)C(=O)NCC(=O)Nc1ccccc1C(F)(F)F. The van der Waals surface area contributed by atoms with Gasteiger partial charge in [0.05, 0.1) is 17.8 Å². The van der Waals surface area contributed by atoms with Gasteiger partial charge in [-0.3, -0.25) is 9.59 Å². The van der Waals surface area contributed by atoms with E-state index in [-0.39, 0.29) is 24.1 Å². The number of rotatable bonds is 4. The van der Waals surface area contributed by atoms with E-state index < -0.39 is 17.6 Å². The second-order valence-corrected chi connectivity index (χ2v) is 4.46. The highest BCUT2D eigenvalue weighted by atomic mass is 19.4. The van der Waals surface area contributed by atoms with Gasteiger partial charge in [-0.1, -0.05) is 26.0 Å². The van der Waals surface area contributed by atoms with Gasteiger partial charge in [0.1, 0.15) is 0 Å². The molecular formula is C13H15F3N2O2. The Kier molecular flexibility index (Phi) is 5.12. The van der Waals surface area contributed by atoms with E-state index in [0.29, 0.717) is 0 Å². The Hall–Kier alpha value is -2.05. The summed E-state index contributed by atoms with van der Waals surface area (Å²) in [6.45, 7) is 2.92. The van der Waals surface area contributed by atoms with Crippen molar-refractivity contribution in [2.45, 2.75) is 20.0 Å². The third-order valence-electron chi connectivity index (χ3n) is 2.45. The average molecular weight is 288 g/mol. The standard InChI is InChI=1S/C13H15F3N2O2/c1-8(2)12(20)17-7-11(19)18-10-6-4-3-5-9(10)13(14,15)16/h3-6,8H,7H2,1-2H3,(H,17,20)(H,18,19). The van der Waals surface area contributed by atoms with Gasteiger partial charge in [-0.15, -0.1) is 0 Å². The van der Waals surface area contributed by atoms with Crippen LogP contribution in [0.25, 0.3) is 0 Å². The molecule has 0 saturated heterocycles. The van der Waals surface area contributed by atoms with Crippen LogP contribution in [0.2, 0.25) is 0 Å². The Bertz CT molecular complexity index is 499. The Balaban J connectivity index is 2.70. The molecule has 2 amide bonds. The van der Waals surface area contributed by atoms with E-state index in [0.717, 1.165) is 12.1 Å². The summed E-state index contributed by atoms with van der Waals surface area (Å²) in [7, 11) is 0. The van der Waals surface area contributed by atoms with Gasteiger partial charge >= 0.3 is 6.18 Å². The number of benzene rings is 1. The zero-order chi connectivity index (χ0) is 15.3. The highest BCUT2D eigenvalue weighted by molar-refractivity contribution is 5.95. The first-order valence-corrected chi connectivity index (χ1v) is 5.95. The quantitative estimate of drug-likeness (QED) is 0.894. The molecular weight excluding hydrogens is 273 g/mol. The monoisotopic (exact) mass is 288 g/mol. The minimum absolute atomic E-state index is 0.301. The molecule has 0 heterocycles. The summed E-state index contributed by atoms with van der Waals surface area (Å²) in [5.41, 5.74) is -1.26. The number of hydrogen-bond acceptors (Lipinski definition) is 2. The summed E-state index contributed by atoms with van der Waals surface area (Å²) in [5.74, 6) is -1.36. The molecule has 0 fully saturated rings. The van der Waals surface area contributed by atoms with Crippen LogP contribution in [0.15, 0.2) is 24.3 Å². The fraction of sp³-hybridized carbons (Fsp3) is 0.385. The van der Waals surface area contributed by atoms with Crippen LogP contribution < -0.4 is 10.6 Å². The Morgan fingerprint density at radius 2 is 1.80 bits per heavy atom. The largest absolute Gasteiger partial charge is 0.418 e. The van der Waals surface area contributed by atoms with E-state index >= 15 is 0 Å². The molecule has 20 heavy (non-hydrogen) atoms. The van der Waals surface area contributed by atoms with Crippen molar-refractivity contribution in [3.05, 3.63) is 29.8 Å². The van der Waals surface area contributed by atoms with Gasteiger partial charge in [-0.05, 0) is 12.1 Å². The van der Waals surface area contributed by atoms with E-state index in [9.17, 15) is 22.8 Å². The van der Waals surface area contributed by atoms with Gasteiger partial charge < -0.3 is 10.6 Å². The molecule has 7 heteroatoms. The molecule has 0 atom stereocenters. The molecule has 0 saturated carbocycles. The molecule has 2 N–H and O–H groups in total. The van der Waals surface area contributed by atoms with E-state index in [1.807, 2.05) is 0 Å². The third-order valence-corrected chi connectivity index (χ3v) is 2.45. The Labute approximate surface area is 114 Å². The summed E-state index contributed by atoms with van der Waals surface area (Å²) in [6, 6.07) is 4.66. The molecule has 0 unspecified atom stereocenters. The average Bonchev–Trinajstić information content (AvgIpc) is 2.35. The zero-order valence-electron chi connectivity index (χ0n) is 11.0. The molecule has 4 nitrogen and oxygen atoms in total. The molecule has 1 rings (SSSR count). The van der Waals surface area contributed by atoms with E-state index in [4.69, 9.17) is 0 Å². The molecule has 0 aliphatic heterocycles. The smallest absolute Gasteiger partial charge is 0.347 e. The maximum absolute atomic E-state index is 12.7. The molecule has 0 aliphatic rings. The van der Waals surface area contributed by atoms with Crippen molar-refractivity contribution < 1.29 is 22.8 Å². The number of anilines is 1. The van der Waals surface area contributed by atoms with Crippen LogP contribution in [-0.2, 0) is 15.8 Å². The van der Waals surface area contributed by atoms with Crippen molar-refractivity contribution >= 4 is 17.5 Å². The van der Waals surface area contributed by atoms with E-state index in [1.165, 1.54) is 12.1 Å². The highest BCUT2D eigenvalue weighted by Crippen LogP contribution is 2.34. The summed E-state index contributed by atoms with van der Waals surface area (Å²) in [5, 5.41) is 4.47. The Morgan fingerprint density at radius 1 is 1.20 bits per heavy atom. The molecule has 0 aromatic heterocycles. The van der Waals surface area contributed by atoms with Crippen LogP contribution in [0.1, 0.15) is 19.4 Å². The minimum atomic E-state index is -4.55. The number of amides is 2. The second kappa shape index (κ2) is 6.40. The minimum Gasteiger partial charge on any atom is -0.347 e. The Morgan fingerprint density at radius 3 is 2.35 bits per heavy atom. The lowest BCUT2D eigenvalue weighted by Gasteiger charge is -2.14. The fourth-order valence-electron chi connectivity index (χ4n) is 1.41. The van der Waals surface area contributed by atoms with Crippen molar-refractivity contribution in [2.75, 3.05) is 11.9 Å². The van der Waals surface area contributed by atoms with Gasteiger partial charge in [-0.25, -0.2) is 0 Å². The number of nitrogens with one attached hydrogen (secondary N) is 2. The molecule has 1 aromatic carbocycles. The van der Waals surface area contributed by atoms with Gasteiger partial charge in [0.15, 0.2) is 0 Å². The van der Waals surface area contributed by atoms with Gasteiger partial charge in [0.25, 0.3) is 0 Å². The summed E-state index contributed by atoms with van der Waals surface area (Å²) < 4.78 is 38.1. The van der Waals surface area contributed by atoms with Crippen LogP contribution in [0.5, 0.6) is 0 Å². The zero-order valence-corrected chi connectivity index (χ0v) is 11.0. The predicted molar refractivity (Wildman–Crippen MR) is 67.9 cm³/mol. The molecule has 0 bridgehead atoms. The second-order valence-electron chi connectivity index (χ2n) is 4.46. The van der Waals surface area contributed by atoms with Crippen molar-refractivity contribution in [1.82, 2.24) is 5.32 Å². The molecule has 0 radical (unpaired) electrons. The van der Waals surface area contributed by atoms with Crippen molar-refractivity contribution in [3.8, 4) is 0 Å². The topological polar surface area (TPSA) is 58.2 Å². The van der Waals surface area contributed by atoms with Gasteiger partial charge in [0.2, 0.25) is 11.8 Å².